The van der Waals surface area contributed by atoms with Crippen LogP contribution in [0.1, 0.15) is 18.1 Å². The van der Waals surface area contributed by atoms with Crippen molar-refractivity contribution in [3.8, 4) is 0 Å². The summed E-state index contributed by atoms with van der Waals surface area (Å²) in [7, 11) is 0. The van der Waals surface area contributed by atoms with Gasteiger partial charge in [-0.15, -0.1) is 0 Å². The highest BCUT2D eigenvalue weighted by atomic mass is 16.5. The maximum atomic E-state index is 5.47. The smallest absolute Gasteiger partial charge is 0.123 e. The van der Waals surface area contributed by atoms with E-state index in [0.717, 1.165) is 19.1 Å². The number of hydrogen-bond acceptors (Lipinski definition) is 1. The third-order valence-electron chi connectivity index (χ3n) is 2.20. The molecule has 0 amide bonds. The maximum absolute atomic E-state index is 5.47. The number of fused-ring (bicyclic) bond motifs is 1. The van der Waals surface area contributed by atoms with E-state index in [4.69, 9.17) is 4.74 Å². The van der Waals surface area contributed by atoms with Crippen molar-refractivity contribution in [2.75, 3.05) is 6.61 Å². The molecule has 1 nitrogen and oxygen atoms in total. The Morgan fingerprint density at radius 1 is 1.23 bits per heavy atom. The lowest BCUT2D eigenvalue weighted by Gasteiger charge is -2.17. The second-order valence-electron chi connectivity index (χ2n) is 3.11. The fourth-order valence-corrected chi connectivity index (χ4v) is 1.57. The molecule has 13 heavy (non-hydrogen) atoms. The molecule has 0 spiro atoms. The quantitative estimate of drug-likeness (QED) is 0.668. The average molecular weight is 173 g/mol. The van der Waals surface area contributed by atoms with Gasteiger partial charge in [-0.25, -0.2) is 0 Å². The van der Waals surface area contributed by atoms with Crippen LogP contribution in [0.25, 0.3) is 6.08 Å². The predicted octanol–water partition coefficient (Wildman–Crippen LogP) is 2.82. The SMILES string of the molecule is CCO[C]1C=Cc2ccccc2C1. The molecule has 0 unspecified atom stereocenters. The van der Waals surface area contributed by atoms with Crippen molar-refractivity contribution >= 4 is 6.08 Å². The molecule has 67 valence electrons. The van der Waals surface area contributed by atoms with Crippen molar-refractivity contribution in [1.82, 2.24) is 0 Å². The van der Waals surface area contributed by atoms with Gasteiger partial charge in [-0.1, -0.05) is 30.3 Å². The monoisotopic (exact) mass is 173 g/mol. The Hall–Kier alpha value is -1.08. The molecule has 1 aromatic rings. The van der Waals surface area contributed by atoms with E-state index in [0.29, 0.717) is 0 Å². The van der Waals surface area contributed by atoms with Crippen molar-refractivity contribution < 1.29 is 4.74 Å². The first-order valence-corrected chi connectivity index (χ1v) is 4.65. The van der Waals surface area contributed by atoms with Gasteiger partial charge in [0, 0.05) is 13.0 Å². The van der Waals surface area contributed by atoms with E-state index < -0.39 is 0 Å². The molecule has 0 atom stereocenters. The summed E-state index contributed by atoms with van der Waals surface area (Å²) in [5.74, 6) is 0. The third-order valence-corrected chi connectivity index (χ3v) is 2.20. The maximum Gasteiger partial charge on any atom is 0.123 e. The minimum Gasteiger partial charge on any atom is -0.367 e. The van der Waals surface area contributed by atoms with Gasteiger partial charge in [0.15, 0.2) is 0 Å². The molecule has 0 heterocycles. The van der Waals surface area contributed by atoms with Gasteiger partial charge in [-0.3, -0.25) is 0 Å². The van der Waals surface area contributed by atoms with Crippen molar-refractivity contribution in [2.45, 2.75) is 13.3 Å². The molecule has 0 bridgehead atoms. The largest absolute Gasteiger partial charge is 0.367 e. The topological polar surface area (TPSA) is 9.23 Å². The standard InChI is InChI=1S/C12H13O/c1-2-13-12-8-7-10-5-3-4-6-11(10)9-12/h3-8H,2,9H2,1H3. The van der Waals surface area contributed by atoms with Crippen molar-refractivity contribution in [2.24, 2.45) is 0 Å². The molecule has 1 aliphatic carbocycles. The van der Waals surface area contributed by atoms with Crippen molar-refractivity contribution in [1.29, 1.82) is 0 Å². The van der Waals surface area contributed by atoms with Gasteiger partial charge in [0.05, 0.1) is 0 Å². The summed E-state index contributed by atoms with van der Waals surface area (Å²) >= 11 is 0. The van der Waals surface area contributed by atoms with Gasteiger partial charge in [-0.05, 0) is 24.1 Å². The van der Waals surface area contributed by atoms with Gasteiger partial charge >= 0.3 is 0 Å². The van der Waals surface area contributed by atoms with Crippen molar-refractivity contribution in [3.63, 3.8) is 0 Å². The summed E-state index contributed by atoms with van der Waals surface area (Å²) in [5, 5.41) is 0. The Bertz CT molecular complexity index is 315. The molecule has 0 fully saturated rings. The molecule has 0 saturated heterocycles. The molecular weight excluding hydrogens is 160 g/mol. The van der Waals surface area contributed by atoms with Gasteiger partial charge in [0.1, 0.15) is 6.10 Å². The van der Waals surface area contributed by atoms with E-state index in [9.17, 15) is 0 Å². The van der Waals surface area contributed by atoms with Crippen molar-refractivity contribution in [3.05, 3.63) is 47.6 Å². The Kier molecular flexibility index (Phi) is 2.46. The summed E-state index contributed by atoms with van der Waals surface area (Å²) in [5.41, 5.74) is 2.67. The summed E-state index contributed by atoms with van der Waals surface area (Å²) in [6, 6.07) is 8.42. The molecule has 0 saturated carbocycles. The molecule has 0 N–H and O–H groups in total. The van der Waals surface area contributed by atoms with Gasteiger partial charge in [0.25, 0.3) is 0 Å². The van der Waals surface area contributed by atoms with Crippen LogP contribution in [0.3, 0.4) is 0 Å². The minimum absolute atomic E-state index is 0.752. The number of rotatable bonds is 2. The fraction of sp³-hybridized carbons (Fsp3) is 0.250. The van der Waals surface area contributed by atoms with Crippen LogP contribution in [-0.4, -0.2) is 6.61 Å². The fourth-order valence-electron chi connectivity index (χ4n) is 1.57. The van der Waals surface area contributed by atoms with E-state index in [1.54, 1.807) is 0 Å². The van der Waals surface area contributed by atoms with E-state index in [-0.39, 0.29) is 0 Å². The molecule has 1 heteroatoms. The van der Waals surface area contributed by atoms with Gasteiger partial charge < -0.3 is 4.74 Å². The molecule has 1 aliphatic rings. The van der Waals surface area contributed by atoms with E-state index >= 15 is 0 Å². The lowest BCUT2D eigenvalue weighted by atomic mass is 9.96. The van der Waals surface area contributed by atoms with Gasteiger partial charge in [-0.2, -0.15) is 0 Å². The van der Waals surface area contributed by atoms with Gasteiger partial charge in [0.2, 0.25) is 0 Å². The minimum atomic E-state index is 0.752. The summed E-state index contributed by atoms with van der Waals surface area (Å²) in [6.07, 6.45) is 6.18. The lowest BCUT2D eigenvalue weighted by Crippen LogP contribution is -2.08. The first kappa shape index (κ1) is 8.52. The van der Waals surface area contributed by atoms with Crippen LogP contribution in [0.4, 0.5) is 0 Å². The van der Waals surface area contributed by atoms with Crippen LogP contribution >= 0.6 is 0 Å². The molecular formula is C12H13O. The Labute approximate surface area is 79.0 Å². The lowest BCUT2D eigenvalue weighted by molar-refractivity contribution is 0.175. The Morgan fingerprint density at radius 3 is 2.92 bits per heavy atom. The van der Waals surface area contributed by atoms with Crippen LogP contribution in [0.5, 0.6) is 0 Å². The first-order chi connectivity index (χ1) is 6.40. The third kappa shape index (κ3) is 1.81. The average Bonchev–Trinajstić information content (AvgIpc) is 2.18. The van der Waals surface area contributed by atoms with Crippen LogP contribution in [0, 0.1) is 6.10 Å². The van der Waals surface area contributed by atoms with E-state index in [1.165, 1.54) is 11.1 Å². The van der Waals surface area contributed by atoms with Crippen LogP contribution in [0.2, 0.25) is 0 Å². The summed E-state index contributed by atoms with van der Waals surface area (Å²) in [6.45, 7) is 2.77. The molecule has 1 aromatic carbocycles. The Balaban J connectivity index is 2.19. The number of hydrogen-bond donors (Lipinski definition) is 0. The zero-order valence-corrected chi connectivity index (χ0v) is 7.79. The number of ether oxygens (including phenoxy) is 1. The second kappa shape index (κ2) is 3.75. The normalized spacial score (nSPS) is 15.8. The Morgan fingerprint density at radius 2 is 2.08 bits per heavy atom. The van der Waals surface area contributed by atoms with Crippen LogP contribution < -0.4 is 0 Å². The zero-order chi connectivity index (χ0) is 9.10. The molecule has 2 rings (SSSR count). The predicted molar refractivity (Wildman–Crippen MR) is 54.0 cm³/mol. The summed E-state index contributed by atoms with van der Waals surface area (Å²) < 4.78 is 5.47. The molecule has 0 aliphatic heterocycles. The van der Waals surface area contributed by atoms with E-state index in [2.05, 4.69) is 36.4 Å². The second-order valence-corrected chi connectivity index (χ2v) is 3.11. The first-order valence-electron chi connectivity index (χ1n) is 4.65. The highest BCUT2D eigenvalue weighted by Crippen LogP contribution is 2.24. The molecule has 1 radical (unpaired) electrons. The summed E-state index contributed by atoms with van der Waals surface area (Å²) in [4.78, 5) is 0. The van der Waals surface area contributed by atoms with Crippen LogP contribution in [0.15, 0.2) is 30.3 Å². The van der Waals surface area contributed by atoms with Crippen LogP contribution in [-0.2, 0) is 11.2 Å². The number of benzene rings is 1. The van der Waals surface area contributed by atoms with E-state index in [1.807, 2.05) is 6.92 Å². The highest BCUT2D eigenvalue weighted by molar-refractivity contribution is 5.59. The zero-order valence-electron chi connectivity index (χ0n) is 7.79. The molecule has 0 aromatic heterocycles. The highest BCUT2D eigenvalue weighted by Gasteiger charge is 2.13.